The van der Waals surface area contributed by atoms with Crippen LogP contribution in [0.4, 0.5) is 11.8 Å². The summed E-state index contributed by atoms with van der Waals surface area (Å²) >= 11 is 0. The highest BCUT2D eigenvalue weighted by atomic mass is 16.2. The Kier molecular flexibility index (Phi) is 6.04. The Morgan fingerprint density at radius 2 is 2.06 bits per heavy atom. The number of aryl methyl sites for hydroxylation is 1. The number of carbonyl (C=O) groups is 2. The monoisotopic (exact) mass is 436 g/mol. The minimum Gasteiger partial charge on any atom is -0.341 e. The van der Waals surface area contributed by atoms with Gasteiger partial charge in [-0.1, -0.05) is 18.2 Å². The number of para-hydroxylation sites is 1. The molecule has 4 rings (SSSR count). The Balaban J connectivity index is 1.60. The van der Waals surface area contributed by atoms with Crippen LogP contribution in [0.5, 0.6) is 0 Å². The average molecular weight is 437 g/mol. The quantitative estimate of drug-likeness (QED) is 0.561. The van der Waals surface area contributed by atoms with Crippen LogP contribution in [0, 0.1) is 6.92 Å². The van der Waals surface area contributed by atoms with Gasteiger partial charge in [-0.15, -0.1) is 0 Å². The lowest BCUT2D eigenvalue weighted by Gasteiger charge is -2.30. The lowest BCUT2D eigenvalue weighted by Crippen LogP contribution is -2.43. The number of hydrogen-bond acceptors (Lipinski definition) is 7. The molecule has 1 aromatic carbocycles. The molecule has 0 radical (unpaired) electrons. The average Bonchev–Trinajstić information content (AvgIpc) is 3.23. The number of amides is 2. The van der Waals surface area contributed by atoms with Crippen molar-refractivity contribution in [3.05, 3.63) is 41.5 Å². The van der Waals surface area contributed by atoms with Crippen molar-refractivity contribution >= 4 is 35.0 Å². The van der Waals surface area contributed by atoms with E-state index in [-0.39, 0.29) is 30.0 Å². The van der Waals surface area contributed by atoms with Crippen molar-refractivity contribution in [2.75, 3.05) is 37.0 Å². The zero-order valence-electron chi connectivity index (χ0n) is 18.6. The molecular formula is C22H28N8O2. The molecule has 1 atom stereocenters. The number of aromatic nitrogens is 4. The van der Waals surface area contributed by atoms with Crippen LogP contribution in [0.2, 0.25) is 0 Å². The predicted molar refractivity (Wildman–Crippen MR) is 123 cm³/mol. The van der Waals surface area contributed by atoms with Gasteiger partial charge in [0.25, 0.3) is 5.91 Å². The minimum absolute atomic E-state index is 0.0521. The Bertz CT molecular complexity index is 1140. The predicted octanol–water partition coefficient (Wildman–Crippen LogP) is 1.45. The summed E-state index contributed by atoms with van der Waals surface area (Å²) in [7, 11) is 3.25. The molecule has 1 aliphatic heterocycles. The maximum absolute atomic E-state index is 13.3. The molecular weight excluding hydrogens is 408 g/mol. The number of anilines is 2. The molecule has 0 bridgehead atoms. The number of piperidine rings is 1. The Labute approximate surface area is 186 Å². The van der Waals surface area contributed by atoms with Crippen molar-refractivity contribution in [1.82, 2.24) is 24.8 Å². The van der Waals surface area contributed by atoms with Crippen LogP contribution in [0.3, 0.4) is 0 Å². The number of benzene rings is 1. The van der Waals surface area contributed by atoms with Crippen molar-refractivity contribution in [2.24, 2.45) is 5.73 Å². The van der Waals surface area contributed by atoms with E-state index in [4.69, 9.17) is 5.73 Å². The summed E-state index contributed by atoms with van der Waals surface area (Å²) in [5.41, 5.74) is 8.04. The maximum Gasteiger partial charge on any atom is 0.274 e. The Morgan fingerprint density at radius 1 is 1.28 bits per heavy atom. The van der Waals surface area contributed by atoms with Crippen LogP contribution in [-0.2, 0) is 11.3 Å². The first-order valence-corrected chi connectivity index (χ1v) is 10.6. The third kappa shape index (κ3) is 4.26. The number of rotatable bonds is 6. The fourth-order valence-electron chi connectivity index (χ4n) is 4.00. The second-order valence-electron chi connectivity index (χ2n) is 8.23. The van der Waals surface area contributed by atoms with Crippen LogP contribution in [-0.4, -0.2) is 70.4 Å². The van der Waals surface area contributed by atoms with Gasteiger partial charge in [-0.05, 0) is 25.8 Å². The number of nitrogens with zero attached hydrogens (tertiary/aromatic N) is 6. The van der Waals surface area contributed by atoms with Gasteiger partial charge in [0.15, 0.2) is 11.5 Å². The molecule has 1 saturated heterocycles. The van der Waals surface area contributed by atoms with Gasteiger partial charge < -0.3 is 25.4 Å². The van der Waals surface area contributed by atoms with E-state index in [1.54, 1.807) is 14.1 Å². The van der Waals surface area contributed by atoms with Crippen LogP contribution in [0.1, 0.15) is 34.8 Å². The molecule has 3 heterocycles. The highest BCUT2D eigenvalue weighted by Gasteiger charge is 2.27. The lowest BCUT2D eigenvalue weighted by molar-refractivity contribution is -0.107. The van der Waals surface area contributed by atoms with Gasteiger partial charge in [0.05, 0.1) is 12.1 Å². The molecule has 2 aromatic heterocycles. The summed E-state index contributed by atoms with van der Waals surface area (Å²) in [6, 6.07) is 7.83. The molecule has 1 unspecified atom stereocenters. The molecule has 0 saturated carbocycles. The first-order valence-electron chi connectivity index (χ1n) is 10.6. The first kappa shape index (κ1) is 21.7. The number of hydrogen-bond donors (Lipinski definition) is 2. The fourth-order valence-corrected chi connectivity index (χ4v) is 4.00. The van der Waals surface area contributed by atoms with E-state index >= 15 is 0 Å². The minimum atomic E-state index is -0.303. The number of nitrogens with two attached hydrogens (primary N) is 1. The van der Waals surface area contributed by atoms with Gasteiger partial charge >= 0.3 is 0 Å². The Morgan fingerprint density at radius 3 is 2.81 bits per heavy atom. The summed E-state index contributed by atoms with van der Waals surface area (Å²) in [5, 5.41) is 0.984. The molecule has 3 N–H and O–H groups in total. The summed E-state index contributed by atoms with van der Waals surface area (Å²) in [4.78, 5) is 46.4. The topological polar surface area (TPSA) is 124 Å². The normalized spacial score (nSPS) is 16.2. The van der Waals surface area contributed by atoms with E-state index in [0.29, 0.717) is 24.7 Å². The molecule has 2 amide bonds. The maximum atomic E-state index is 13.3. The van der Waals surface area contributed by atoms with E-state index in [2.05, 4.69) is 19.9 Å². The second kappa shape index (κ2) is 8.91. The fraction of sp³-hybridized carbons (Fsp3) is 0.409. The molecule has 10 heteroatoms. The third-order valence-electron chi connectivity index (χ3n) is 5.70. The van der Waals surface area contributed by atoms with Gasteiger partial charge in [0.1, 0.15) is 5.82 Å². The number of H-pyrrole nitrogens is 1. The van der Waals surface area contributed by atoms with E-state index in [1.807, 2.05) is 36.1 Å². The highest BCUT2D eigenvalue weighted by molar-refractivity contribution is 5.99. The zero-order chi connectivity index (χ0) is 22.8. The summed E-state index contributed by atoms with van der Waals surface area (Å²) < 4.78 is 0. The van der Waals surface area contributed by atoms with Crippen molar-refractivity contribution in [3.8, 4) is 0 Å². The van der Waals surface area contributed by atoms with Crippen molar-refractivity contribution in [3.63, 3.8) is 0 Å². The number of fused-ring (bicyclic) bond motifs is 1. The van der Waals surface area contributed by atoms with E-state index < -0.39 is 0 Å². The van der Waals surface area contributed by atoms with Crippen LogP contribution >= 0.6 is 0 Å². The molecule has 168 valence electrons. The lowest BCUT2D eigenvalue weighted by atomic mass is 10.1. The second-order valence-corrected chi connectivity index (χ2v) is 8.23. The van der Waals surface area contributed by atoms with Gasteiger partial charge in [-0.3, -0.25) is 9.59 Å². The Hall–Kier alpha value is -3.53. The largest absolute Gasteiger partial charge is 0.341 e. The van der Waals surface area contributed by atoms with Crippen molar-refractivity contribution in [1.29, 1.82) is 0 Å². The first-order chi connectivity index (χ1) is 15.4. The van der Waals surface area contributed by atoms with Gasteiger partial charge in [0.2, 0.25) is 12.4 Å². The number of nitrogens with one attached hydrogen (secondary N) is 1. The number of carbonyl (C=O) groups excluding carboxylic acids is 2. The molecule has 10 nitrogen and oxygen atoms in total. The third-order valence-corrected chi connectivity index (χ3v) is 5.70. The summed E-state index contributed by atoms with van der Waals surface area (Å²) in [6.07, 6.45) is 2.54. The molecule has 0 spiro atoms. The molecule has 0 aliphatic carbocycles. The SMILES string of the molecule is Cc1nc(CN(C)C(=O)c2[nH]c(N3CCCC(N)C3)nc2N(C)C=O)nc2ccccc12. The van der Waals surface area contributed by atoms with Crippen molar-refractivity contribution < 1.29 is 9.59 Å². The van der Waals surface area contributed by atoms with Crippen LogP contribution in [0.25, 0.3) is 10.9 Å². The molecule has 32 heavy (non-hydrogen) atoms. The van der Waals surface area contributed by atoms with Crippen LogP contribution in [0.15, 0.2) is 24.3 Å². The molecule has 1 aliphatic rings. The van der Waals surface area contributed by atoms with Crippen molar-refractivity contribution in [2.45, 2.75) is 32.4 Å². The summed E-state index contributed by atoms with van der Waals surface area (Å²) in [5.74, 6) is 1.06. The number of aromatic amines is 1. The van der Waals surface area contributed by atoms with Gasteiger partial charge in [-0.25, -0.2) is 9.97 Å². The molecule has 3 aromatic rings. The van der Waals surface area contributed by atoms with Crippen LogP contribution < -0.4 is 15.5 Å². The molecule has 1 fully saturated rings. The van der Waals surface area contributed by atoms with Gasteiger partial charge in [0, 0.05) is 44.3 Å². The van der Waals surface area contributed by atoms with E-state index in [9.17, 15) is 9.59 Å². The summed E-state index contributed by atoms with van der Waals surface area (Å²) in [6.45, 7) is 3.58. The van der Waals surface area contributed by atoms with Gasteiger partial charge in [-0.2, -0.15) is 4.98 Å². The van der Waals surface area contributed by atoms with E-state index in [0.717, 1.165) is 36.0 Å². The zero-order valence-corrected chi connectivity index (χ0v) is 18.6. The number of imidazole rings is 1. The smallest absolute Gasteiger partial charge is 0.274 e. The van der Waals surface area contributed by atoms with E-state index in [1.165, 1.54) is 9.80 Å². The standard InChI is InChI=1S/C22H28N8O2/c1-14-16-8-4-5-9-17(16)25-18(24-14)12-28(2)21(32)19-20(29(3)13-31)27-22(26-19)30-10-6-7-15(23)11-30/h4-5,8-9,13,15H,6-7,10-12,23H2,1-3H3,(H,26,27). The highest BCUT2D eigenvalue weighted by Crippen LogP contribution is 2.25.